The number of hydrogen-bond acceptors (Lipinski definition) is 7. The van der Waals surface area contributed by atoms with Crippen LogP contribution in [-0.2, 0) is 14.3 Å². The topological polar surface area (TPSA) is 87.1 Å². The molecule has 2 aromatic rings. The summed E-state index contributed by atoms with van der Waals surface area (Å²) in [5.74, 6) is -2.83. The minimum Gasteiger partial charge on any atom is -0.466 e. The molecule has 1 fully saturated rings. The number of piperazine rings is 1. The minimum atomic E-state index is -4.94. The molecule has 37 heavy (non-hydrogen) atoms. The molecule has 196 valence electrons. The molecule has 1 unspecified atom stereocenters. The maximum absolute atomic E-state index is 13.8. The molecular formula is C24H22ClF4N5O3. The van der Waals surface area contributed by atoms with Gasteiger partial charge in [-0.1, -0.05) is 23.7 Å². The molecule has 1 aromatic carbocycles. The zero-order valence-electron chi connectivity index (χ0n) is 19.6. The lowest BCUT2D eigenvalue weighted by Gasteiger charge is -2.36. The van der Waals surface area contributed by atoms with Crippen molar-refractivity contribution in [2.45, 2.75) is 12.2 Å². The molecular weight excluding hydrogens is 518 g/mol. The molecule has 0 aliphatic carbocycles. The van der Waals surface area contributed by atoms with Crippen molar-refractivity contribution in [3.8, 4) is 0 Å². The predicted octanol–water partition coefficient (Wildman–Crippen LogP) is 3.10. The third-order valence-electron chi connectivity index (χ3n) is 5.98. The highest BCUT2D eigenvalue weighted by molar-refractivity contribution is 6.31. The molecule has 1 saturated heterocycles. The number of amidine groups is 1. The van der Waals surface area contributed by atoms with Crippen LogP contribution in [-0.4, -0.2) is 78.5 Å². The molecule has 13 heteroatoms. The summed E-state index contributed by atoms with van der Waals surface area (Å²) in [6.45, 7) is 0.125. The van der Waals surface area contributed by atoms with E-state index in [0.29, 0.717) is 22.8 Å². The van der Waals surface area contributed by atoms with Crippen LogP contribution in [0.1, 0.15) is 17.3 Å². The zero-order valence-corrected chi connectivity index (χ0v) is 20.3. The molecule has 0 spiro atoms. The first-order chi connectivity index (χ1) is 17.6. The summed E-state index contributed by atoms with van der Waals surface area (Å²) >= 11 is 6.33. The number of nitrogens with zero attached hydrogens (tertiary/aromatic N) is 4. The van der Waals surface area contributed by atoms with Crippen LogP contribution in [0.15, 0.2) is 58.9 Å². The SMILES string of the molecule is COC(=O)C1=C(CN2CCN(C(=O)C(F)(F)F)CC2)NC(c2ccccn2)=NC1c1ccc(F)cc1Cl. The number of nitrogens with one attached hydrogen (secondary N) is 1. The maximum Gasteiger partial charge on any atom is 0.471 e. The van der Waals surface area contributed by atoms with E-state index in [9.17, 15) is 27.2 Å². The highest BCUT2D eigenvalue weighted by atomic mass is 35.5. The first-order valence-corrected chi connectivity index (χ1v) is 11.6. The van der Waals surface area contributed by atoms with Crippen LogP contribution >= 0.6 is 11.6 Å². The highest BCUT2D eigenvalue weighted by Gasteiger charge is 2.43. The van der Waals surface area contributed by atoms with E-state index in [1.54, 1.807) is 29.3 Å². The van der Waals surface area contributed by atoms with Crippen molar-refractivity contribution in [1.82, 2.24) is 20.1 Å². The van der Waals surface area contributed by atoms with Gasteiger partial charge in [0.15, 0.2) is 5.84 Å². The largest absolute Gasteiger partial charge is 0.471 e. The van der Waals surface area contributed by atoms with Gasteiger partial charge in [-0.05, 0) is 24.3 Å². The van der Waals surface area contributed by atoms with Gasteiger partial charge in [0.25, 0.3) is 0 Å². The van der Waals surface area contributed by atoms with Crippen molar-refractivity contribution in [2.24, 2.45) is 4.99 Å². The lowest BCUT2D eigenvalue weighted by molar-refractivity contribution is -0.186. The second-order valence-electron chi connectivity index (χ2n) is 8.34. The Morgan fingerprint density at radius 3 is 2.49 bits per heavy atom. The van der Waals surface area contributed by atoms with Gasteiger partial charge < -0.3 is 15.0 Å². The summed E-state index contributed by atoms with van der Waals surface area (Å²) in [7, 11) is 1.20. The Morgan fingerprint density at radius 2 is 1.89 bits per heavy atom. The zero-order chi connectivity index (χ0) is 26.7. The Morgan fingerprint density at radius 1 is 1.16 bits per heavy atom. The lowest BCUT2D eigenvalue weighted by Crippen LogP contribution is -2.53. The molecule has 0 radical (unpaired) electrons. The number of aromatic nitrogens is 1. The number of ether oxygens (including phenoxy) is 1. The van der Waals surface area contributed by atoms with Crippen molar-refractivity contribution in [2.75, 3.05) is 39.8 Å². The van der Waals surface area contributed by atoms with Gasteiger partial charge in [0.05, 0.1) is 12.7 Å². The fraction of sp³-hybridized carbons (Fsp3) is 0.333. The Balaban J connectivity index is 1.69. The first kappa shape index (κ1) is 26.6. The average Bonchev–Trinajstić information content (AvgIpc) is 2.88. The van der Waals surface area contributed by atoms with Crippen LogP contribution in [0.4, 0.5) is 17.6 Å². The van der Waals surface area contributed by atoms with E-state index >= 15 is 0 Å². The Labute approximate surface area is 214 Å². The monoisotopic (exact) mass is 539 g/mol. The molecule has 1 amide bonds. The number of carbonyl (C=O) groups is 2. The number of halogens is 5. The van der Waals surface area contributed by atoms with E-state index in [-0.39, 0.29) is 43.3 Å². The molecule has 2 aliphatic heterocycles. The van der Waals surface area contributed by atoms with Crippen molar-refractivity contribution >= 4 is 29.3 Å². The standard InChI is InChI=1S/C24H22ClF4N5O3/c1-37-22(35)19-18(13-33-8-10-34(11-9-33)23(36)24(27,28)29)31-21(17-4-2-3-7-30-17)32-20(19)15-6-5-14(26)12-16(15)25/h2-7,12,20H,8-11,13H2,1H3,(H,31,32). The quantitative estimate of drug-likeness (QED) is 0.464. The number of amides is 1. The number of benzene rings is 1. The number of esters is 1. The van der Waals surface area contributed by atoms with Crippen LogP contribution in [0.25, 0.3) is 0 Å². The Hall–Kier alpha value is -3.51. The van der Waals surface area contributed by atoms with Crippen molar-refractivity contribution in [3.05, 3.63) is 76.0 Å². The molecule has 2 aliphatic rings. The van der Waals surface area contributed by atoms with Crippen LogP contribution in [0, 0.1) is 5.82 Å². The normalized spacial score (nSPS) is 18.8. The number of hydrogen-bond donors (Lipinski definition) is 1. The highest BCUT2D eigenvalue weighted by Crippen LogP contribution is 2.36. The smallest absolute Gasteiger partial charge is 0.466 e. The van der Waals surface area contributed by atoms with Crippen LogP contribution in [0.3, 0.4) is 0 Å². The fourth-order valence-corrected chi connectivity index (χ4v) is 4.43. The second kappa shape index (κ2) is 10.9. The second-order valence-corrected chi connectivity index (χ2v) is 8.74. The third kappa shape index (κ3) is 5.91. The number of pyridine rings is 1. The molecule has 8 nitrogen and oxygen atoms in total. The summed E-state index contributed by atoms with van der Waals surface area (Å²) in [4.78, 5) is 36.1. The molecule has 0 bridgehead atoms. The van der Waals surface area contributed by atoms with E-state index in [1.165, 1.54) is 19.2 Å². The van der Waals surface area contributed by atoms with E-state index in [0.717, 1.165) is 11.0 Å². The maximum atomic E-state index is 13.8. The van der Waals surface area contributed by atoms with Crippen molar-refractivity contribution < 1.29 is 31.9 Å². The van der Waals surface area contributed by atoms with Gasteiger partial charge in [-0.25, -0.2) is 9.18 Å². The summed E-state index contributed by atoms with van der Waals surface area (Å²) in [6, 6.07) is 7.95. The average molecular weight is 540 g/mol. The molecule has 1 N–H and O–H groups in total. The number of alkyl halides is 3. The van der Waals surface area contributed by atoms with Crippen LogP contribution < -0.4 is 5.32 Å². The van der Waals surface area contributed by atoms with Gasteiger partial charge in [-0.2, -0.15) is 13.2 Å². The van der Waals surface area contributed by atoms with Crippen molar-refractivity contribution in [3.63, 3.8) is 0 Å². The van der Waals surface area contributed by atoms with Gasteiger partial charge in [0.2, 0.25) is 0 Å². The number of aliphatic imine (C=N–C) groups is 1. The lowest BCUT2D eigenvalue weighted by atomic mass is 9.94. The van der Waals surface area contributed by atoms with E-state index in [1.807, 2.05) is 0 Å². The Kier molecular flexibility index (Phi) is 7.79. The summed E-state index contributed by atoms with van der Waals surface area (Å²) in [5, 5.41) is 3.17. The number of rotatable bonds is 5. The summed E-state index contributed by atoms with van der Waals surface area (Å²) < 4.78 is 57.3. The van der Waals surface area contributed by atoms with Gasteiger partial charge in [-0.3, -0.25) is 19.7 Å². The molecule has 3 heterocycles. The van der Waals surface area contributed by atoms with E-state index < -0.39 is 29.9 Å². The summed E-state index contributed by atoms with van der Waals surface area (Å²) in [5.41, 5.74) is 1.32. The fourth-order valence-electron chi connectivity index (χ4n) is 4.16. The Bertz CT molecular complexity index is 1240. The third-order valence-corrected chi connectivity index (χ3v) is 6.31. The molecule has 0 saturated carbocycles. The number of methoxy groups -OCH3 is 1. The van der Waals surface area contributed by atoms with Gasteiger partial charge >= 0.3 is 18.1 Å². The molecule has 1 atom stereocenters. The van der Waals surface area contributed by atoms with Gasteiger partial charge in [0.1, 0.15) is 17.6 Å². The molecule has 1 aromatic heterocycles. The van der Waals surface area contributed by atoms with Crippen LogP contribution in [0.5, 0.6) is 0 Å². The van der Waals surface area contributed by atoms with Gasteiger partial charge in [0, 0.05) is 55.2 Å². The van der Waals surface area contributed by atoms with Crippen LogP contribution in [0.2, 0.25) is 5.02 Å². The first-order valence-electron chi connectivity index (χ1n) is 11.2. The van der Waals surface area contributed by atoms with Crippen molar-refractivity contribution in [1.29, 1.82) is 0 Å². The van der Waals surface area contributed by atoms with E-state index in [4.69, 9.17) is 16.3 Å². The molecule has 4 rings (SSSR count). The van der Waals surface area contributed by atoms with Gasteiger partial charge in [-0.15, -0.1) is 0 Å². The predicted molar refractivity (Wildman–Crippen MR) is 126 cm³/mol. The minimum absolute atomic E-state index is 0.0519. The van der Waals surface area contributed by atoms with E-state index in [2.05, 4.69) is 15.3 Å². The number of carbonyl (C=O) groups excluding carboxylic acids is 2. The summed E-state index contributed by atoms with van der Waals surface area (Å²) in [6.07, 6.45) is -3.38.